The smallest absolute Gasteiger partial charge is 0.268 e. The SMILES string of the molecule is CC(=O)Nc1ccc(S(=O)(=O)n2ccnc2)cc1. The van der Waals surface area contributed by atoms with Gasteiger partial charge in [-0.15, -0.1) is 0 Å². The van der Waals surface area contributed by atoms with Crippen LogP contribution in [0.25, 0.3) is 0 Å². The van der Waals surface area contributed by atoms with E-state index < -0.39 is 10.0 Å². The van der Waals surface area contributed by atoms with Gasteiger partial charge < -0.3 is 5.32 Å². The highest BCUT2D eigenvalue weighted by Gasteiger charge is 2.15. The van der Waals surface area contributed by atoms with Crippen LogP contribution in [0.5, 0.6) is 0 Å². The van der Waals surface area contributed by atoms with Crippen LogP contribution in [0.3, 0.4) is 0 Å². The van der Waals surface area contributed by atoms with Crippen molar-refractivity contribution >= 4 is 21.6 Å². The van der Waals surface area contributed by atoms with Crippen molar-refractivity contribution in [2.45, 2.75) is 11.8 Å². The van der Waals surface area contributed by atoms with E-state index in [1.807, 2.05) is 0 Å². The quantitative estimate of drug-likeness (QED) is 0.900. The van der Waals surface area contributed by atoms with Gasteiger partial charge >= 0.3 is 0 Å². The highest BCUT2D eigenvalue weighted by atomic mass is 32.2. The van der Waals surface area contributed by atoms with Crippen molar-refractivity contribution in [3.8, 4) is 0 Å². The first-order valence-electron chi connectivity index (χ1n) is 5.11. The van der Waals surface area contributed by atoms with Gasteiger partial charge in [0, 0.05) is 25.0 Å². The van der Waals surface area contributed by atoms with Gasteiger partial charge in [-0.1, -0.05) is 0 Å². The predicted octanol–water partition coefficient (Wildman–Crippen LogP) is 1.08. The Morgan fingerprint density at radius 3 is 2.44 bits per heavy atom. The minimum absolute atomic E-state index is 0.134. The molecule has 0 saturated carbocycles. The van der Waals surface area contributed by atoms with Crippen LogP contribution in [0.1, 0.15) is 6.92 Å². The zero-order chi connectivity index (χ0) is 13.2. The standard InChI is InChI=1S/C11H11N3O3S/c1-9(15)13-10-2-4-11(5-3-10)18(16,17)14-7-6-12-8-14/h2-8H,1H3,(H,13,15). The van der Waals surface area contributed by atoms with Crippen molar-refractivity contribution in [3.63, 3.8) is 0 Å². The zero-order valence-corrected chi connectivity index (χ0v) is 10.4. The molecule has 1 aromatic carbocycles. The van der Waals surface area contributed by atoms with E-state index in [4.69, 9.17) is 0 Å². The maximum absolute atomic E-state index is 12.1. The number of amides is 1. The number of carbonyl (C=O) groups is 1. The van der Waals surface area contributed by atoms with Crippen LogP contribution in [-0.4, -0.2) is 23.3 Å². The van der Waals surface area contributed by atoms with Crippen molar-refractivity contribution in [1.29, 1.82) is 0 Å². The number of rotatable bonds is 3. The number of nitrogens with one attached hydrogen (secondary N) is 1. The van der Waals surface area contributed by atoms with Gasteiger partial charge in [0.05, 0.1) is 4.90 Å². The van der Waals surface area contributed by atoms with E-state index in [1.165, 1.54) is 49.9 Å². The molecule has 0 radical (unpaired) electrons. The topological polar surface area (TPSA) is 81.1 Å². The summed E-state index contributed by atoms with van der Waals surface area (Å²) < 4.78 is 25.2. The number of anilines is 1. The molecule has 18 heavy (non-hydrogen) atoms. The Hall–Kier alpha value is -2.15. The fraction of sp³-hybridized carbons (Fsp3) is 0.0909. The molecule has 1 heterocycles. The number of hydrogen-bond donors (Lipinski definition) is 1. The molecule has 0 spiro atoms. The number of benzene rings is 1. The molecule has 0 aliphatic rings. The molecule has 2 rings (SSSR count). The monoisotopic (exact) mass is 265 g/mol. The van der Waals surface area contributed by atoms with Gasteiger partial charge in [-0.3, -0.25) is 4.79 Å². The molecule has 2 aromatic rings. The molecule has 0 saturated heterocycles. The molecule has 7 heteroatoms. The average Bonchev–Trinajstić information content (AvgIpc) is 2.83. The second-order valence-corrected chi connectivity index (χ2v) is 5.45. The van der Waals surface area contributed by atoms with Crippen LogP contribution in [0.4, 0.5) is 5.69 Å². The average molecular weight is 265 g/mol. The molecule has 0 aliphatic heterocycles. The van der Waals surface area contributed by atoms with Crippen molar-refractivity contribution < 1.29 is 13.2 Å². The van der Waals surface area contributed by atoms with Crippen LogP contribution in [0.15, 0.2) is 47.9 Å². The van der Waals surface area contributed by atoms with E-state index in [9.17, 15) is 13.2 Å². The zero-order valence-electron chi connectivity index (χ0n) is 9.57. The van der Waals surface area contributed by atoms with Crippen molar-refractivity contribution in [3.05, 3.63) is 43.0 Å². The lowest BCUT2D eigenvalue weighted by atomic mass is 10.3. The molecule has 0 bridgehead atoms. The Labute approximate surface area is 104 Å². The van der Waals surface area contributed by atoms with Gasteiger partial charge in [0.25, 0.3) is 10.0 Å². The molecule has 0 aliphatic carbocycles. The van der Waals surface area contributed by atoms with Gasteiger partial charge in [-0.2, -0.15) is 0 Å². The summed E-state index contributed by atoms with van der Waals surface area (Å²) in [6.07, 6.45) is 3.97. The van der Waals surface area contributed by atoms with Crippen LogP contribution < -0.4 is 5.32 Å². The first-order chi connectivity index (χ1) is 8.50. The number of aromatic nitrogens is 2. The van der Waals surface area contributed by atoms with Crippen molar-refractivity contribution in [2.24, 2.45) is 0 Å². The number of imidazole rings is 1. The summed E-state index contributed by atoms with van der Waals surface area (Å²) in [4.78, 5) is 14.7. The minimum atomic E-state index is -3.60. The lowest BCUT2D eigenvalue weighted by Crippen LogP contribution is -2.11. The van der Waals surface area contributed by atoms with E-state index in [0.29, 0.717) is 5.69 Å². The maximum atomic E-state index is 12.1. The highest BCUT2D eigenvalue weighted by molar-refractivity contribution is 7.90. The largest absolute Gasteiger partial charge is 0.326 e. The molecule has 94 valence electrons. The Morgan fingerprint density at radius 1 is 1.28 bits per heavy atom. The van der Waals surface area contributed by atoms with Crippen molar-refractivity contribution in [1.82, 2.24) is 8.96 Å². The molecule has 1 N–H and O–H groups in total. The van der Waals surface area contributed by atoms with E-state index in [-0.39, 0.29) is 10.8 Å². The Kier molecular flexibility index (Phi) is 3.15. The Bertz CT molecular complexity index is 645. The van der Waals surface area contributed by atoms with Gasteiger partial charge in [0.1, 0.15) is 6.33 Å². The third-order valence-corrected chi connectivity index (χ3v) is 3.87. The summed E-state index contributed by atoms with van der Waals surface area (Å²) in [5.41, 5.74) is 0.548. The summed E-state index contributed by atoms with van der Waals surface area (Å²) in [5, 5.41) is 2.57. The third-order valence-electron chi connectivity index (χ3n) is 2.23. The molecule has 0 atom stereocenters. The van der Waals surface area contributed by atoms with Gasteiger partial charge in [0.2, 0.25) is 5.91 Å². The first-order valence-corrected chi connectivity index (χ1v) is 6.55. The number of carbonyl (C=O) groups excluding carboxylic acids is 1. The molecule has 1 amide bonds. The van der Waals surface area contributed by atoms with E-state index in [2.05, 4.69) is 10.3 Å². The molecule has 0 unspecified atom stereocenters. The summed E-state index contributed by atoms with van der Waals surface area (Å²) in [7, 11) is -3.60. The van der Waals surface area contributed by atoms with E-state index in [0.717, 1.165) is 3.97 Å². The fourth-order valence-electron chi connectivity index (χ4n) is 1.42. The maximum Gasteiger partial charge on any atom is 0.268 e. The minimum Gasteiger partial charge on any atom is -0.326 e. The lowest BCUT2D eigenvalue weighted by Gasteiger charge is -2.06. The second kappa shape index (κ2) is 4.61. The van der Waals surface area contributed by atoms with Crippen LogP contribution in [0.2, 0.25) is 0 Å². The van der Waals surface area contributed by atoms with Crippen LogP contribution in [-0.2, 0) is 14.8 Å². The van der Waals surface area contributed by atoms with E-state index >= 15 is 0 Å². The molecular formula is C11H11N3O3S. The second-order valence-electron chi connectivity index (χ2n) is 3.60. The van der Waals surface area contributed by atoms with Crippen LogP contribution >= 0.6 is 0 Å². The fourth-order valence-corrected chi connectivity index (χ4v) is 2.54. The lowest BCUT2D eigenvalue weighted by molar-refractivity contribution is -0.114. The summed E-state index contributed by atoms with van der Waals surface area (Å²) in [6, 6.07) is 5.93. The third kappa shape index (κ3) is 2.40. The predicted molar refractivity (Wildman–Crippen MR) is 65.6 cm³/mol. The van der Waals surface area contributed by atoms with E-state index in [1.54, 1.807) is 0 Å². The molecule has 6 nitrogen and oxygen atoms in total. The first kappa shape index (κ1) is 12.3. The Balaban J connectivity index is 2.33. The highest BCUT2D eigenvalue weighted by Crippen LogP contribution is 2.16. The Morgan fingerprint density at radius 2 is 1.94 bits per heavy atom. The van der Waals surface area contributed by atoms with Gasteiger partial charge in [-0.05, 0) is 24.3 Å². The van der Waals surface area contributed by atoms with Crippen molar-refractivity contribution in [2.75, 3.05) is 5.32 Å². The molecule has 1 aromatic heterocycles. The number of hydrogen-bond acceptors (Lipinski definition) is 4. The summed E-state index contributed by atoms with van der Waals surface area (Å²) >= 11 is 0. The summed E-state index contributed by atoms with van der Waals surface area (Å²) in [5.74, 6) is -0.208. The van der Waals surface area contributed by atoms with Gasteiger partial charge in [-0.25, -0.2) is 17.4 Å². The number of nitrogens with zero attached hydrogens (tertiary/aromatic N) is 2. The molecular weight excluding hydrogens is 254 g/mol. The van der Waals surface area contributed by atoms with Gasteiger partial charge in [0.15, 0.2) is 0 Å². The van der Waals surface area contributed by atoms with Crippen LogP contribution in [0, 0.1) is 0 Å². The molecule has 0 fully saturated rings. The normalized spacial score (nSPS) is 11.2. The summed E-state index contributed by atoms with van der Waals surface area (Å²) in [6.45, 7) is 1.39.